The van der Waals surface area contributed by atoms with Crippen molar-refractivity contribution in [2.24, 2.45) is 0 Å². The van der Waals surface area contributed by atoms with Crippen LogP contribution in [-0.4, -0.2) is 38.2 Å². The molecule has 1 aliphatic carbocycles. The van der Waals surface area contributed by atoms with Crippen LogP contribution in [0.25, 0.3) is 0 Å². The van der Waals surface area contributed by atoms with Crippen LogP contribution in [0.5, 0.6) is 0 Å². The van der Waals surface area contributed by atoms with Gasteiger partial charge in [0.25, 0.3) is 5.91 Å². The molecule has 2 aliphatic rings. The van der Waals surface area contributed by atoms with E-state index in [4.69, 9.17) is 0 Å². The first-order valence-electron chi connectivity index (χ1n) is 9.34. The summed E-state index contributed by atoms with van der Waals surface area (Å²) in [5, 5.41) is 10.0. The van der Waals surface area contributed by atoms with E-state index in [9.17, 15) is 23.1 Å². The Bertz CT molecular complexity index is 898. The lowest BCUT2D eigenvalue weighted by Crippen LogP contribution is -2.45. The second kappa shape index (κ2) is 6.34. The first kappa shape index (κ1) is 19.0. The summed E-state index contributed by atoms with van der Waals surface area (Å²) in [7, 11) is 0. The number of imidazole rings is 1. The van der Waals surface area contributed by atoms with Crippen molar-refractivity contribution in [3.8, 4) is 0 Å². The lowest BCUT2D eigenvalue weighted by molar-refractivity contribution is -0.263. The molecule has 5 nitrogen and oxygen atoms in total. The van der Waals surface area contributed by atoms with Crippen molar-refractivity contribution >= 4 is 5.91 Å². The maximum absolute atomic E-state index is 13.2. The highest BCUT2D eigenvalue weighted by atomic mass is 19.4. The number of aromatic nitrogens is 2. The highest BCUT2D eigenvalue weighted by molar-refractivity contribution is 5.94. The molecule has 150 valence electrons. The Labute approximate surface area is 160 Å². The van der Waals surface area contributed by atoms with Gasteiger partial charge in [0.1, 0.15) is 0 Å². The molecule has 0 bridgehead atoms. The molecule has 0 unspecified atom stereocenters. The molecular weight excluding hydrogens is 371 g/mol. The number of carbonyl (C=O) groups is 1. The van der Waals surface area contributed by atoms with Gasteiger partial charge in [-0.25, -0.2) is 4.98 Å². The lowest BCUT2D eigenvalue weighted by atomic mass is 10.0. The SMILES string of the molecule is C[C@H]1CN(C(=O)c2ccc(C3CC3)cc2)Cc2cnc([C@@](C)(O)C(F)(F)F)n21. The summed E-state index contributed by atoms with van der Waals surface area (Å²) in [5.41, 5.74) is -0.779. The van der Waals surface area contributed by atoms with Crippen molar-refractivity contribution in [1.82, 2.24) is 14.5 Å². The third-order valence-corrected chi connectivity index (χ3v) is 5.63. The van der Waals surface area contributed by atoms with Gasteiger partial charge in [0.15, 0.2) is 5.82 Å². The highest BCUT2D eigenvalue weighted by Crippen LogP contribution is 2.41. The summed E-state index contributed by atoms with van der Waals surface area (Å²) >= 11 is 0. The molecule has 2 aromatic rings. The van der Waals surface area contributed by atoms with Crippen LogP contribution in [0.15, 0.2) is 30.5 Å². The van der Waals surface area contributed by atoms with Gasteiger partial charge in [0.05, 0.1) is 24.5 Å². The van der Waals surface area contributed by atoms with E-state index in [1.807, 2.05) is 24.3 Å². The van der Waals surface area contributed by atoms with Gasteiger partial charge < -0.3 is 14.6 Å². The summed E-state index contributed by atoms with van der Waals surface area (Å²) in [6, 6.07) is 7.13. The van der Waals surface area contributed by atoms with Crippen LogP contribution in [0.3, 0.4) is 0 Å². The third kappa shape index (κ3) is 3.09. The van der Waals surface area contributed by atoms with Crippen LogP contribution in [0.4, 0.5) is 13.2 Å². The molecule has 1 aliphatic heterocycles. The quantitative estimate of drug-likeness (QED) is 0.864. The fourth-order valence-corrected chi connectivity index (χ4v) is 3.80. The van der Waals surface area contributed by atoms with Crippen molar-refractivity contribution in [3.05, 3.63) is 53.1 Å². The average molecular weight is 393 g/mol. The van der Waals surface area contributed by atoms with Crippen LogP contribution >= 0.6 is 0 Å². The molecule has 28 heavy (non-hydrogen) atoms. The van der Waals surface area contributed by atoms with Gasteiger partial charge in [-0.2, -0.15) is 13.2 Å². The lowest BCUT2D eigenvalue weighted by Gasteiger charge is -2.36. The molecule has 1 aromatic carbocycles. The molecule has 1 aromatic heterocycles. The van der Waals surface area contributed by atoms with E-state index in [0.717, 1.165) is 0 Å². The number of hydrogen-bond donors (Lipinski definition) is 1. The molecule has 0 saturated heterocycles. The molecule has 1 N–H and O–H groups in total. The zero-order valence-electron chi connectivity index (χ0n) is 15.7. The van der Waals surface area contributed by atoms with Gasteiger partial charge >= 0.3 is 6.18 Å². The topological polar surface area (TPSA) is 58.4 Å². The molecular formula is C20H22F3N3O2. The number of halogens is 3. The number of fused-ring (bicyclic) bond motifs is 1. The molecule has 0 spiro atoms. The largest absolute Gasteiger partial charge is 0.424 e. The summed E-state index contributed by atoms with van der Waals surface area (Å²) < 4.78 is 41.1. The number of hydrogen-bond acceptors (Lipinski definition) is 3. The molecule has 1 saturated carbocycles. The minimum absolute atomic E-state index is 0.147. The minimum Gasteiger partial charge on any atom is -0.374 e. The van der Waals surface area contributed by atoms with E-state index in [2.05, 4.69) is 4.98 Å². The van der Waals surface area contributed by atoms with E-state index < -0.39 is 23.6 Å². The van der Waals surface area contributed by atoms with Gasteiger partial charge in [-0.05, 0) is 50.3 Å². The van der Waals surface area contributed by atoms with Gasteiger partial charge in [-0.3, -0.25) is 4.79 Å². The standard InChI is InChI=1S/C20H22F3N3O2/c1-12-10-25(17(27)15-7-5-14(6-8-15)13-3-4-13)11-16-9-24-18(26(12)16)19(2,28)20(21,22)23/h5-9,12-13,28H,3-4,10-11H2,1-2H3/t12-,19+/m0/s1. The minimum atomic E-state index is -4.84. The maximum Gasteiger partial charge on any atom is 0.424 e. The third-order valence-electron chi connectivity index (χ3n) is 5.63. The molecule has 8 heteroatoms. The van der Waals surface area contributed by atoms with Gasteiger partial charge in [-0.1, -0.05) is 12.1 Å². The van der Waals surface area contributed by atoms with Crippen molar-refractivity contribution in [1.29, 1.82) is 0 Å². The van der Waals surface area contributed by atoms with E-state index in [0.29, 0.717) is 24.1 Å². The zero-order chi connectivity index (χ0) is 20.3. The Kier molecular flexibility index (Phi) is 4.30. The first-order valence-corrected chi connectivity index (χ1v) is 9.34. The average Bonchev–Trinajstić information content (AvgIpc) is 3.38. The molecule has 2 heterocycles. The zero-order valence-corrected chi connectivity index (χ0v) is 15.7. The number of benzene rings is 1. The molecule has 2 atom stereocenters. The van der Waals surface area contributed by atoms with E-state index in [1.54, 1.807) is 11.8 Å². The van der Waals surface area contributed by atoms with Crippen molar-refractivity contribution in [2.75, 3.05) is 6.54 Å². The number of carbonyl (C=O) groups excluding carboxylic acids is 1. The van der Waals surface area contributed by atoms with Crippen LogP contribution < -0.4 is 0 Å². The van der Waals surface area contributed by atoms with Crippen LogP contribution in [0.2, 0.25) is 0 Å². The summed E-state index contributed by atoms with van der Waals surface area (Å²) in [4.78, 5) is 18.3. The van der Waals surface area contributed by atoms with Gasteiger partial charge in [0.2, 0.25) is 5.60 Å². The van der Waals surface area contributed by atoms with E-state index >= 15 is 0 Å². The molecule has 4 rings (SSSR count). The molecule has 0 radical (unpaired) electrons. The number of aliphatic hydroxyl groups is 1. The Morgan fingerprint density at radius 1 is 1.21 bits per heavy atom. The fraction of sp³-hybridized carbons (Fsp3) is 0.500. The summed E-state index contributed by atoms with van der Waals surface area (Å²) in [5.74, 6) is 0.00234. The van der Waals surface area contributed by atoms with Crippen LogP contribution in [0, 0.1) is 0 Å². The monoisotopic (exact) mass is 393 g/mol. The second-order valence-electron chi connectivity index (χ2n) is 7.94. The van der Waals surface area contributed by atoms with Crippen LogP contribution in [-0.2, 0) is 12.1 Å². The smallest absolute Gasteiger partial charge is 0.374 e. The second-order valence-corrected chi connectivity index (χ2v) is 7.94. The predicted molar refractivity (Wildman–Crippen MR) is 95.7 cm³/mol. The van der Waals surface area contributed by atoms with E-state index in [-0.39, 0.29) is 19.0 Å². The normalized spacial score (nSPS) is 21.9. The number of nitrogens with zero attached hydrogens (tertiary/aromatic N) is 3. The van der Waals surface area contributed by atoms with Crippen LogP contribution in [0.1, 0.15) is 66.1 Å². The fourth-order valence-electron chi connectivity index (χ4n) is 3.80. The van der Waals surface area contributed by atoms with Gasteiger partial charge in [-0.15, -0.1) is 0 Å². The number of rotatable bonds is 3. The Hall–Kier alpha value is -2.35. The van der Waals surface area contributed by atoms with Crippen molar-refractivity contribution in [2.45, 2.75) is 57.0 Å². The molecule has 1 fully saturated rings. The first-order chi connectivity index (χ1) is 13.1. The van der Waals surface area contributed by atoms with Gasteiger partial charge in [0, 0.05) is 12.1 Å². The maximum atomic E-state index is 13.2. The Balaban J connectivity index is 1.58. The van der Waals surface area contributed by atoms with Crippen molar-refractivity contribution in [3.63, 3.8) is 0 Å². The summed E-state index contributed by atoms with van der Waals surface area (Å²) in [6.45, 7) is 2.81. The molecule has 1 amide bonds. The Morgan fingerprint density at radius 2 is 1.86 bits per heavy atom. The number of alkyl halides is 3. The van der Waals surface area contributed by atoms with E-state index in [1.165, 1.54) is 29.2 Å². The Morgan fingerprint density at radius 3 is 2.43 bits per heavy atom. The highest BCUT2D eigenvalue weighted by Gasteiger charge is 2.55. The number of amides is 1. The summed E-state index contributed by atoms with van der Waals surface area (Å²) in [6.07, 6.45) is -1.16. The predicted octanol–water partition coefficient (Wildman–Crippen LogP) is 3.75. The van der Waals surface area contributed by atoms with Crippen molar-refractivity contribution < 1.29 is 23.1 Å².